The molecule has 0 aromatic heterocycles. The number of hydrogen-bond acceptors (Lipinski definition) is 4. The van der Waals surface area contributed by atoms with Crippen LogP contribution >= 0.6 is 0 Å². The van der Waals surface area contributed by atoms with E-state index in [2.05, 4.69) is 5.32 Å². The molecule has 1 aromatic carbocycles. The van der Waals surface area contributed by atoms with Gasteiger partial charge < -0.3 is 11.1 Å². The maximum Gasteiger partial charge on any atom is 0.239 e. The SMILES string of the molecule is CC(C)(CNC(C(N)=O)c1ccccc1)S(C)(=O)=O. The highest BCUT2D eigenvalue weighted by Crippen LogP contribution is 2.17. The first kappa shape index (κ1) is 15.7. The van der Waals surface area contributed by atoms with Crippen LogP contribution < -0.4 is 11.1 Å². The van der Waals surface area contributed by atoms with Crippen molar-refractivity contribution in [3.63, 3.8) is 0 Å². The van der Waals surface area contributed by atoms with E-state index in [-0.39, 0.29) is 6.54 Å². The van der Waals surface area contributed by atoms with Crippen LogP contribution in [0.5, 0.6) is 0 Å². The molecule has 0 aliphatic heterocycles. The molecule has 1 rings (SSSR count). The highest BCUT2D eigenvalue weighted by Gasteiger charge is 2.31. The molecule has 0 bridgehead atoms. The zero-order valence-electron chi connectivity index (χ0n) is 11.4. The van der Waals surface area contributed by atoms with Crippen LogP contribution in [0.4, 0.5) is 0 Å². The Morgan fingerprint density at radius 2 is 1.84 bits per heavy atom. The van der Waals surface area contributed by atoms with Crippen molar-refractivity contribution in [2.75, 3.05) is 12.8 Å². The van der Waals surface area contributed by atoms with Gasteiger partial charge in [0.25, 0.3) is 0 Å². The molecule has 5 nitrogen and oxygen atoms in total. The van der Waals surface area contributed by atoms with E-state index in [0.717, 1.165) is 5.56 Å². The Morgan fingerprint density at radius 1 is 1.32 bits per heavy atom. The number of carbonyl (C=O) groups is 1. The molecule has 0 aliphatic carbocycles. The van der Waals surface area contributed by atoms with Crippen LogP contribution in [-0.4, -0.2) is 31.9 Å². The van der Waals surface area contributed by atoms with Crippen LogP contribution in [0, 0.1) is 0 Å². The Labute approximate surface area is 114 Å². The minimum atomic E-state index is -3.22. The summed E-state index contributed by atoms with van der Waals surface area (Å²) < 4.78 is 22.3. The number of nitrogens with one attached hydrogen (secondary N) is 1. The van der Waals surface area contributed by atoms with E-state index in [0.29, 0.717) is 0 Å². The van der Waals surface area contributed by atoms with E-state index in [9.17, 15) is 13.2 Å². The van der Waals surface area contributed by atoms with Gasteiger partial charge in [-0.25, -0.2) is 8.42 Å². The Morgan fingerprint density at radius 3 is 2.26 bits per heavy atom. The minimum Gasteiger partial charge on any atom is -0.368 e. The van der Waals surface area contributed by atoms with Crippen LogP contribution in [0.3, 0.4) is 0 Å². The van der Waals surface area contributed by atoms with Crippen LogP contribution in [0.2, 0.25) is 0 Å². The molecule has 19 heavy (non-hydrogen) atoms. The predicted molar refractivity (Wildman–Crippen MR) is 75.3 cm³/mol. The largest absolute Gasteiger partial charge is 0.368 e. The zero-order chi connectivity index (χ0) is 14.7. The quantitative estimate of drug-likeness (QED) is 0.801. The van der Waals surface area contributed by atoms with Gasteiger partial charge in [0.15, 0.2) is 9.84 Å². The smallest absolute Gasteiger partial charge is 0.239 e. The van der Waals surface area contributed by atoms with Crippen LogP contribution in [0.25, 0.3) is 0 Å². The number of hydrogen-bond donors (Lipinski definition) is 2. The van der Waals surface area contributed by atoms with Crippen molar-refractivity contribution in [3.8, 4) is 0 Å². The van der Waals surface area contributed by atoms with Gasteiger partial charge in [0.05, 0.1) is 4.75 Å². The molecule has 0 saturated heterocycles. The Balaban J connectivity index is 2.86. The van der Waals surface area contributed by atoms with Gasteiger partial charge in [-0.1, -0.05) is 30.3 Å². The molecule has 0 aliphatic rings. The van der Waals surface area contributed by atoms with Crippen molar-refractivity contribution >= 4 is 15.7 Å². The standard InChI is InChI=1S/C13H20N2O3S/c1-13(2,19(3,17)18)9-15-11(12(14)16)10-7-5-4-6-8-10/h4-8,11,15H,9H2,1-3H3,(H2,14,16). The summed E-state index contributed by atoms with van der Waals surface area (Å²) in [4.78, 5) is 11.5. The van der Waals surface area contributed by atoms with Crippen molar-refractivity contribution in [1.29, 1.82) is 0 Å². The van der Waals surface area contributed by atoms with Gasteiger partial charge in [0.2, 0.25) is 5.91 Å². The van der Waals surface area contributed by atoms with Gasteiger partial charge in [-0.15, -0.1) is 0 Å². The Kier molecular flexibility index (Phi) is 4.70. The van der Waals surface area contributed by atoms with Gasteiger partial charge in [0, 0.05) is 12.8 Å². The van der Waals surface area contributed by atoms with Crippen molar-refractivity contribution in [1.82, 2.24) is 5.32 Å². The number of benzene rings is 1. The number of carbonyl (C=O) groups excluding carboxylic acids is 1. The molecular formula is C13H20N2O3S. The monoisotopic (exact) mass is 284 g/mol. The second kappa shape index (κ2) is 5.71. The van der Waals surface area contributed by atoms with E-state index in [1.807, 2.05) is 6.07 Å². The van der Waals surface area contributed by atoms with E-state index in [1.54, 1.807) is 38.1 Å². The summed E-state index contributed by atoms with van der Waals surface area (Å²) >= 11 is 0. The first-order valence-electron chi connectivity index (χ1n) is 5.92. The summed E-state index contributed by atoms with van der Waals surface area (Å²) in [5, 5.41) is 2.93. The van der Waals surface area contributed by atoms with Crippen LogP contribution in [-0.2, 0) is 14.6 Å². The van der Waals surface area contributed by atoms with Gasteiger partial charge >= 0.3 is 0 Å². The molecule has 0 heterocycles. The van der Waals surface area contributed by atoms with E-state index >= 15 is 0 Å². The lowest BCUT2D eigenvalue weighted by Gasteiger charge is -2.25. The van der Waals surface area contributed by atoms with Gasteiger partial charge in [-0.2, -0.15) is 0 Å². The summed E-state index contributed by atoms with van der Waals surface area (Å²) in [5.74, 6) is -0.532. The van der Waals surface area contributed by atoms with Gasteiger partial charge in [-0.3, -0.25) is 4.79 Å². The first-order chi connectivity index (χ1) is 8.65. The Bertz CT molecular complexity index is 538. The third-order valence-electron chi connectivity index (χ3n) is 3.15. The maximum absolute atomic E-state index is 11.6. The summed E-state index contributed by atoms with van der Waals surface area (Å²) in [7, 11) is -3.22. The highest BCUT2D eigenvalue weighted by atomic mass is 32.2. The van der Waals surface area contributed by atoms with E-state index in [4.69, 9.17) is 5.73 Å². The van der Waals surface area contributed by atoms with Crippen molar-refractivity contribution in [3.05, 3.63) is 35.9 Å². The second-order valence-electron chi connectivity index (χ2n) is 5.16. The molecule has 1 amide bonds. The minimum absolute atomic E-state index is 0.147. The molecule has 0 spiro atoms. The fourth-order valence-electron chi connectivity index (χ4n) is 1.51. The van der Waals surface area contributed by atoms with Gasteiger partial charge in [-0.05, 0) is 19.4 Å². The van der Waals surface area contributed by atoms with E-state index in [1.165, 1.54) is 6.26 Å². The normalized spacial score (nSPS) is 14.1. The molecule has 1 unspecified atom stereocenters. The van der Waals surface area contributed by atoms with Crippen molar-refractivity contribution in [2.45, 2.75) is 24.6 Å². The third-order valence-corrected chi connectivity index (χ3v) is 5.30. The van der Waals surface area contributed by atoms with Crippen molar-refractivity contribution < 1.29 is 13.2 Å². The fourth-order valence-corrected chi connectivity index (χ4v) is 1.85. The number of amides is 1. The maximum atomic E-state index is 11.6. The lowest BCUT2D eigenvalue weighted by atomic mass is 10.1. The molecule has 0 saturated carbocycles. The third kappa shape index (κ3) is 4.04. The number of rotatable bonds is 6. The van der Waals surface area contributed by atoms with Crippen molar-refractivity contribution in [2.24, 2.45) is 5.73 Å². The molecule has 0 radical (unpaired) electrons. The molecule has 6 heteroatoms. The highest BCUT2D eigenvalue weighted by molar-refractivity contribution is 7.92. The second-order valence-corrected chi connectivity index (χ2v) is 7.81. The fraction of sp³-hybridized carbons (Fsp3) is 0.462. The van der Waals surface area contributed by atoms with Crippen LogP contribution in [0.1, 0.15) is 25.5 Å². The van der Waals surface area contributed by atoms with E-state index < -0.39 is 26.5 Å². The summed E-state index contributed by atoms with van der Waals surface area (Å²) in [5.41, 5.74) is 6.08. The molecule has 1 atom stereocenters. The number of primary amides is 1. The number of sulfone groups is 1. The molecule has 1 aromatic rings. The zero-order valence-corrected chi connectivity index (χ0v) is 12.2. The average Bonchev–Trinajstić information content (AvgIpc) is 2.28. The predicted octanol–water partition coefficient (Wildman–Crippen LogP) is 0.626. The first-order valence-corrected chi connectivity index (χ1v) is 7.81. The van der Waals surface area contributed by atoms with Gasteiger partial charge in [0.1, 0.15) is 6.04 Å². The lowest BCUT2D eigenvalue weighted by Crippen LogP contribution is -2.45. The van der Waals surface area contributed by atoms with Crippen LogP contribution in [0.15, 0.2) is 30.3 Å². The summed E-state index contributed by atoms with van der Waals surface area (Å²) in [6.07, 6.45) is 1.18. The number of nitrogens with two attached hydrogens (primary N) is 1. The molecular weight excluding hydrogens is 264 g/mol. The summed E-state index contributed by atoms with van der Waals surface area (Å²) in [6, 6.07) is 8.29. The molecule has 0 fully saturated rings. The molecule has 3 N–H and O–H groups in total. The summed E-state index contributed by atoms with van der Waals surface area (Å²) in [6.45, 7) is 3.37. The Hall–Kier alpha value is -1.40. The lowest BCUT2D eigenvalue weighted by molar-refractivity contribution is -0.120. The molecule has 106 valence electrons. The average molecular weight is 284 g/mol. The topological polar surface area (TPSA) is 89.3 Å².